The Morgan fingerprint density at radius 1 is 1.00 bits per heavy atom. The van der Waals surface area contributed by atoms with E-state index in [0.717, 1.165) is 18.4 Å². The number of carbonyl (C=O) groups is 1. The first-order chi connectivity index (χ1) is 14.1. The summed E-state index contributed by atoms with van der Waals surface area (Å²) in [5, 5.41) is 8.90. The van der Waals surface area contributed by atoms with E-state index < -0.39 is 11.8 Å². The van der Waals surface area contributed by atoms with Crippen molar-refractivity contribution in [2.45, 2.75) is 58.3 Å². The van der Waals surface area contributed by atoms with Gasteiger partial charge in [0.05, 0.1) is 17.9 Å². The fourth-order valence-corrected chi connectivity index (χ4v) is 2.97. The molecule has 0 saturated heterocycles. The molecule has 0 spiro atoms. The molecule has 156 valence electrons. The van der Waals surface area contributed by atoms with Crippen molar-refractivity contribution in [3.05, 3.63) is 59.4 Å². The van der Waals surface area contributed by atoms with Gasteiger partial charge in [-0.25, -0.2) is 9.18 Å². The molecule has 0 bridgehead atoms. The van der Waals surface area contributed by atoms with E-state index in [1.165, 1.54) is 56.7 Å². The van der Waals surface area contributed by atoms with Gasteiger partial charge in [0.2, 0.25) is 0 Å². The van der Waals surface area contributed by atoms with Crippen LogP contribution in [0.1, 0.15) is 74.2 Å². The maximum atomic E-state index is 14.2. The molecule has 0 aromatic heterocycles. The SMILES string of the molecule is CCCCCCCCCCOc1ccc(N=Cc2ccc(C(=O)O)cc2)cc1F. The fraction of sp³-hybridized carbons (Fsp3) is 0.417. The Morgan fingerprint density at radius 3 is 2.28 bits per heavy atom. The summed E-state index contributed by atoms with van der Waals surface area (Å²) in [4.78, 5) is 15.1. The molecule has 5 heteroatoms. The fourth-order valence-electron chi connectivity index (χ4n) is 2.97. The average Bonchev–Trinajstić information content (AvgIpc) is 2.72. The monoisotopic (exact) mass is 399 g/mol. The largest absolute Gasteiger partial charge is 0.491 e. The maximum absolute atomic E-state index is 14.2. The zero-order valence-electron chi connectivity index (χ0n) is 17.1. The molecular formula is C24H30FNO3. The highest BCUT2D eigenvalue weighted by molar-refractivity contribution is 5.89. The standard InChI is InChI=1S/C24H30FNO3/c1-2-3-4-5-6-7-8-9-16-29-23-15-14-21(17-22(23)25)26-18-19-10-12-20(13-11-19)24(27)28/h10-15,17-18H,2-9,16H2,1H3,(H,27,28). The van der Waals surface area contributed by atoms with Crippen molar-refractivity contribution in [1.29, 1.82) is 0 Å². The first-order valence-corrected chi connectivity index (χ1v) is 10.4. The van der Waals surface area contributed by atoms with E-state index in [1.54, 1.807) is 30.5 Å². The Kier molecular flexibility index (Phi) is 9.90. The third kappa shape index (κ3) is 8.46. The molecule has 0 aliphatic heterocycles. The van der Waals surface area contributed by atoms with Crippen molar-refractivity contribution in [2.24, 2.45) is 4.99 Å². The second-order valence-electron chi connectivity index (χ2n) is 7.12. The minimum Gasteiger partial charge on any atom is -0.491 e. The summed E-state index contributed by atoms with van der Waals surface area (Å²) in [6, 6.07) is 11.0. The number of benzene rings is 2. The molecule has 0 aliphatic carbocycles. The summed E-state index contributed by atoms with van der Waals surface area (Å²) < 4.78 is 19.8. The molecule has 2 aromatic rings. The van der Waals surface area contributed by atoms with Gasteiger partial charge in [0.25, 0.3) is 0 Å². The van der Waals surface area contributed by atoms with E-state index in [9.17, 15) is 9.18 Å². The van der Waals surface area contributed by atoms with E-state index >= 15 is 0 Å². The average molecular weight is 400 g/mol. The minimum atomic E-state index is -0.974. The molecule has 2 rings (SSSR count). The molecule has 0 saturated carbocycles. The summed E-state index contributed by atoms with van der Waals surface area (Å²) in [5.41, 5.74) is 1.43. The number of rotatable bonds is 13. The van der Waals surface area contributed by atoms with Crippen LogP contribution in [0.3, 0.4) is 0 Å². The van der Waals surface area contributed by atoms with Gasteiger partial charge in [0.1, 0.15) is 0 Å². The quantitative estimate of drug-likeness (QED) is 0.298. The Bertz CT molecular complexity index is 787. The molecule has 0 unspecified atom stereocenters. The van der Waals surface area contributed by atoms with Crippen molar-refractivity contribution in [3.8, 4) is 5.75 Å². The number of ether oxygens (including phenoxy) is 1. The number of aliphatic imine (C=N–C) groups is 1. The highest BCUT2D eigenvalue weighted by atomic mass is 19.1. The summed E-state index contributed by atoms with van der Waals surface area (Å²) in [7, 11) is 0. The Hall–Kier alpha value is -2.69. The van der Waals surface area contributed by atoms with Gasteiger partial charge >= 0.3 is 5.97 Å². The molecule has 1 N–H and O–H groups in total. The number of carboxylic acids is 1. The van der Waals surface area contributed by atoms with Crippen LogP contribution in [0.2, 0.25) is 0 Å². The number of carboxylic acid groups (broad SMARTS) is 1. The van der Waals surface area contributed by atoms with Crippen molar-refractivity contribution in [3.63, 3.8) is 0 Å². The van der Waals surface area contributed by atoms with Crippen molar-refractivity contribution in [1.82, 2.24) is 0 Å². The topological polar surface area (TPSA) is 58.9 Å². The lowest BCUT2D eigenvalue weighted by molar-refractivity contribution is 0.0697. The van der Waals surface area contributed by atoms with Crippen LogP contribution in [0.4, 0.5) is 10.1 Å². The number of unbranched alkanes of at least 4 members (excludes halogenated alkanes) is 7. The molecule has 29 heavy (non-hydrogen) atoms. The Balaban J connectivity index is 1.74. The highest BCUT2D eigenvalue weighted by Gasteiger charge is 2.05. The third-order valence-corrected chi connectivity index (χ3v) is 4.69. The first kappa shape index (κ1) is 22.6. The van der Waals surface area contributed by atoms with Gasteiger partial charge in [-0.05, 0) is 36.2 Å². The number of nitrogens with zero attached hydrogens (tertiary/aromatic N) is 1. The Morgan fingerprint density at radius 2 is 1.66 bits per heavy atom. The second kappa shape index (κ2) is 12.7. The van der Waals surface area contributed by atoms with Crippen LogP contribution >= 0.6 is 0 Å². The van der Waals surface area contributed by atoms with Crippen molar-refractivity contribution >= 4 is 17.9 Å². The molecule has 0 amide bonds. The lowest BCUT2D eigenvalue weighted by atomic mass is 10.1. The molecule has 2 aromatic carbocycles. The van der Waals surface area contributed by atoms with Crippen LogP contribution in [0.5, 0.6) is 5.75 Å². The number of aromatic carboxylic acids is 1. The Labute approximate surface area is 172 Å². The smallest absolute Gasteiger partial charge is 0.335 e. The maximum Gasteiger partial charge on any atom is 0.335 e. The van der Waals surface area contributed by atoms with Crippen LogP contribution in [0.15, 0.2) is 47.5 Å². The van der Waals surface area contributed by atoms with Crippen LogP contribution in [-0.4, -0.2) is 23.9 Å². The number of halogens is 1. The van der Waals surface area contributed by atoms with Gasteiger partial charge in [0, 0.05) is 12.3 Å². The molecule has 0 fully saturated rings. The molecular weight excluding hydrogens is 369 g/mol. The predicted molar refractivity (Wildman–Crippen MR) is 115 cm³/mol. The van der Waals surface area contributed by atoms with Gasteiger partial charge in [-0.15, -0.1) is 0 Å². The van der Waals surface area contributed by atoms with Crippen LogP contribution in [0, 0.1) is 5.82 Å². The van der Waals surface area contributed by atoms with Crippen molar-refractivity contribution in [2.75, 3.05) is 6.61 Å². The molecule has 0 heterocycles. The van der Waals surface area contributed by atoms with E-state index in [-0.39, 0.29) is 11.3 Å². The third-order valence-electron chi connectivity index (χ3n) is 4.69. The highest BCUT2D eigenvalue weighted by Crippen LogP contribution is 2.23. The minimum absolute atomic E-state index is 0.214. The zero-order valence-corrected chi connectivity index (χ0v) is 17.1. The zero-order chi connectivity index (χ0) is 20.9. The van der Waals surface area contributed by atoms with E-state index in [4.69, 9.17) is 9.84 Å². The summed E-state index contributed by atoms with van der Waals surface area (Å²) >= 11 is 0. The second-order valence-corrected chi connectivity index (χ2v) is 7.12. The van der Waals surface area contributed by atoms with Gasteiger partial charge in [-0.3, -0.25) is 4.99 Å². The van der Waals surface area contributed by atoms with E-state index in [0.29, 0.717) is 12.3 Å². The normalized spacial score (nSPS) is 11.1. The van der Waals surface area contributed by atoms with Crippen LogP contribution in [-0.2, 0) is 0 Å². The summed E-state index contributed by atoms with van der Waals surface area (Å²) in [6.07, 6.45) is 11.3. The van der Waals surface area contributed by atoms with Gasteiger partial charge in [-0.1, -0.05) is 64.0 Å². The lowest BCUT2D eigenvalue weighted by Crippen LogP contribution is -1.99. The summed E-state index contributed by atoms with van der Waals surface area (Å²) in [5.74, 6) is -1.16. The van der Waals surface area contributed by atoms with E-state index in [1.807, 2.05) is 0 Å². The van der Waals surface area contributed by atoms with Crippen LogP contribution < -0.4 is 4.74 Å². The van der Waals surface area contributed by atoms with Gasteiger partial charge in [0.15, 0.2) is 11.6 Å². The van der Waals surface area contributed by atoms with Gasteiger partial charge < -0.3 is 9.84 Å². The summed E-state index contributed by atoms with van der Waals surface area (Å²) in [6.45, 7) is 2.74. The van der Waals surface area contributed by atoms with Crippen LogP contribution in [0.25, 0.3) is 0 Å². The molecule has 0 aliphatic rings. The number of hydrogen-bond donors (Lipinski definition) is 1. The molecule has 0 radical (unpaired) electrons. The van der Waals surface area contributed by atoms with Crippen molar-refractivity contribution < 1.29 is 19.0 Å². The molecule has 0 atom stereocenters. The first-order valence-electron chi connectivity index (χ1n) is 10.4. The predicted octanol–water partition coefficient (Wildman–Crippen LogP) is 6.79. The van der Waals surface area contributed by atoms with E-state index in [2.05, 4.69) is 11.9 Å². The van der Waals surface area contributed by atoms with Gasteiger partial charge in [-0.2, -0.15) is 0 Å². The lowest BCUT2D eigenvalue weighted by Gasteiger charge is -2.07. The number of hydrogen-bond acceptors (Lipinski definition) is 3. The molecule has 4 nitrogen and oxygen atoms in total.